The fourth-order valence-electron chi connectivity index (χ4n) is 1.66. The smallest absolute Gasteiger partial charge is 0.408 e. The van der Waals surface area contributed by atoms with E-state index >= 15 is 0 Å². The van der Waals surface area contributed by atoms with Crippen molar-refractivity contribution >= 4 is 11.9 Å². The quantitative estimate of drug-likeness (QED) is 0.860. The summed E-state index contributed by atoms with van der Waals surface area (Å²) in [6.07, 6.45) is -0.348. The van der Waals surface area contributed by atoms with Gasteiger partial charge in [0.05, 0.1) is 6.04 Å². The Kier molecular flexibility index (Phi) is 5.70. The molecule has 1 amide bonds. The van der Waals surface area contributed by atoms with Crippen molar-refractivity contribution in [3.8, 4) is 0 Å². The average molecular weight is 279 g/mol. The summed E-state index contributed by atoms with van der Waals surface area (Å²) >= 11 is 0. The summed E-state index contributed by atoms with van der Waals surface area (Å²) < 4.78 is 5.12. The number of nitrogens with one attached hydrogen (secondary N) is 1. The second kappa shape index (κ2) is 7.05. The number of alkyl carbamates (subject to hydrolysis) is 1. The van der Waals surface area contributed by atoms with Crippen LogP contribution in [0, 0.1) is 0 Å². The van der Waals surface area contributed by atoms with Gasteiger partial charge in [-0.1, -0.05) is 30.3 Å². The van der Waals surface area contributed by atoms with Crippen molar-refractivity contribution in [3.05, 3.63) is 35.9 Å². The SMILES string of the molecule is CC(C)(C)OC(=O)NC(Cc1ccccc1)C(=O)CO. The Morgan fingerprint density at radius 2 is 1.85 bits per heavy atom. The minimum absolute atomic E-state index is 0.319. The van der Waals surface area contributed by atoms with Crippen LogP contribution in [0.4, 0.5) is 4.79 Å². The Hall–Kier alpha value is -1.88. The molecule has 110 valence electrons. The molecule has 0 saturated carbocycles. The molecule has 0 fully saturated rings. The van der Waals surface area contributed by atoms with Crippen LogP contribution in [0.1, 0.15) is 26.3 Å². The lowest BCUT2D eigenvalue weighted by Gasteiger charge is -2.22. The molecule has 5 heteroatoms. The van der Waals surface area contributed by atoms with Gasteiger partial charge in [-0.3, -0.25) is 4.79 Å². The van der Waals surface area contributed by atoms with Gasteiger partial charge in [0.25, 0.3) is 0 Å². The van der Waals surface area contributed by atoms with Gasteiger partial charge in [0.2, 0.25) is 0 Å². The molecule has 0 aromatic heterocycles. The number of aliphatic hydroxyl groups is 1. The van der Waals surface area contributed by atoms with Crippen molar-refractivity contribution in [2.24, 2.45) is 0 Å². The molecule has 0 saturated heterocycles. The first-order valence-electron chi connectivity index (χ1n) is 6.49. The predicted octanol–water partition coefficient (Wildman–Crippen LogP) is 1.68. The minimum Gasteiger partial charge on any atom is -0.444 e. The van der Waals surface area contributed by atoms with E-state index in [0.29, 0.717) is 6.42 Å². The molecule has 1 aromatic carbocycles. The van der Waals surface area contributed by atoms with Crippen molar-refractivity contribution in [2.75, 3.05) is 6.61 Å². The number of ketones is 1. The molecule has 0 spiro atoms. The van der Waals surface area contributed by atoms with Gasteiger partial charge in [0.1, 0.15) is 12.2 Å². The lowest BCUT2D eigenvalue weighted by molar-refractivity contribution is -0.123. The first-order chi connectivity index (χ1) is 9.31. The van der Waals surface area contributed by atoms with Gasteiger partial charge in [-0.15, -0.1) is 0 Å². The monoisotopic (exact) mass is 279 g/mol. The van der Waals surface area contributed by atoms with Crippen LogP contribution < -0.4 is 5.32 Å². The molecular formula is C15H21NO4. The Morgan fingerprint density at radius 1 is 1.25 bits per heavy atom. The summed E-state index contributed by atoms with van der Waals surface area (Å²) in [5.41, 5.74) is 0.263. The van der Waals surface area contributed by atoms with E-state index in [1.54, 1.807) is 20.8 Å². The Morgan fingerprint density at radius 3 is 2.35 bits per heavy atom. The molecule has 2 N–H and O–H groups in total. The van der Waals surface area contributed by atoms with E-state index < -0.39 is 30.1 Å². The second-order valence-corrected chi connectivity index (χ2v) is 5.51. The van der Waals surface area contributed by atoms with E-state index in [2.05, 4.69) is 5.32 Å². The molecule has 5 nitrogen and oxygen atoms in total. The zero-order chi connectivity index (χ0) is 15.2. The molecule has 1 unspecified atom stereocenters. The fraction of sp³-hybridized carbons (Fsp3) is 0.467. The van der Waals surface area contributed by atoms with Crippen LogP contribution in [-0.4, -0.2) is 35.2 Å². The molecule has 0 aliphatic rings. The Bertz CT molecular complexity index is 451. The maximum Gasteiger partial charge on any atom is 0.408 e. The third kappa shape index (κ3) is 5.84. The van der Waals surface area contributed by atoms with Crippen LogP contribution in [0.25, 0.3) is 0 Å². The number of hydrogen-bond donors (Lipinski definition) is 2. The number of ether oxygens (including phenoxy) is 1. The van der Waals surface area contributed by atoms with Gasteiger partial charge in [0.15, 0.2) is 5.78 Å². The minimum atomic E-state index is -0.794. The maximum absolute atomic E-state index is 11.7. The summed E-state index contributed by atoms with van der Waals surface area (Å²) in [5.74, 6) is -0.445. The highest BCUT2D eigenvalue weighted by molar-refractivity contribution is 5.88. The van der Waals surface area contributed by atoms with Crippen molar-refractivity contribution in [1.82, 2.24) is 5.32 Å². The third-order valence-corrected chi connectivity index (χ3v) is 2.52. The number of rotatable bonds is 5. The molecule has 0 radical (unpaired) electrons. The van der Waals surface area contributed by atoms with E-state index in [9.17, 15) is 9.59 Å². The summed E-state index contributed by atoms with van der Waals surface area (Å²) in [7, 11) is 0. The van der Waals surface area contributed by atoms with Crippen molar-refractivity contribution in [1.29, 1.82) is 0 Å². The molecule has 0 heterocycles. The third-order valence-electron chi connectivity index (χ3n) is 2.52. The van der Waals surface area contributed by atoms with Crippen LogP contribution in [0.3, 0.4) is 0 Å². The number of hydrogen-bond acceptors (Lipinski definition) is 4. The Balaban J connectivity index is 2.70. The maximum atomic E-state index is 11.7. The van der Waals surface area contributed by atoms with E-state index in [0.717, 1.165) is 5.56 Å². The summed E-state index contributed by atoms with van der Waals surface area (Å²) in [4.78, 5) is 23.4. The van der Waals surface area contributed by atoms with E-state index in [-0.39, 0.29) is 0 Å². The van der Waals surface area contributed by atoms with Crippen LogP contribution in [0.2, 0.25) is 0 Å². The normalized spacial score (nSPS) is 12.6. The van der Waals surface area contributed by atoms with Crippen molar-refractivity contribution < 1.29 is 19.4 Å². The molecule has 0 aliphatic heterocycles. The molecule has 1 rings (SSSR count). The van der Waals surface area contributed by atoms with Crippen molar-refractivity contribution in [3.63, 3.8) is 0 Å². The molecule has 1 aromatic rings. The highest BCUT2D eigenvalue weighted by Crippen LogP contribution is 2.08. The molecule has 0 bridgehead atoms. The van der Waals surface area contributed by atoms with Gasteiger partial charge >= 0.3 is 6.09 Å². The molecule has 0 aliphatic carbocycles. The van der Waals surface area contributed by atoms with E-state index in [1.165, 1.54) is 0 Å². The average Bonchev–Trinajstić information content (AvgIpc) is 2.36. The molecule has 20 heavy (non-hydrogen) atoms. The second-order valence-electron chi connectivity index (χ2n) is 5.51. The number of carbonyl (C=O) groups is 2. The van der Waals surface area contributed by atoms with Gasteiger partial charge in [-0.2, -0.15) is 0 Å². The first kappa shape index (κ1) is 16.2. The van der Waals surface area contributed by atoms with Gasteiger partial charge in [0, 0.05) is 0 Å². The van der Waals surface area contributed by atoms with Gasteiger partial charge in [-0.05, 0) is 32.8 Å². The van der Waals surface area contributed by atoms with Crippen LogP contribution in [0.5, 0.6) is 0 Å². The standard InChI is InChI=1S/C15H21NO4/c1-15(2,3)20-14(19)16-12(13(18)10-17)9-11-7-5-4-6-8-11/h4-8,12,17H,9-10H2,1-3H3,(H,16,19). The molecular weight excluding hydrogens is 258 g/mol. The fourth-order valence-corrected chi connectivity index (χ4v) is 1.66. The zero-order valence-electron chi connectivity index (χ0n) is 12.1. The van der Waals surface area contributed by atoms with Crippen LogP contribution in [0.15, 0.2) is 30.3 Å². The lowest BCUT2D eigenvalue weighted by atomic mass is 10.0. The van der Waals surface area contributed by atoms with E-state index in [4.69, 9.17) is 9.84 Å². The van der Waals surface area contributed by atoms with E-state index in [1.807, 2.05) is 30.3 Å². The summed E-state index contributed by atoms with van der Waals surface area (Å²) in [6.45, 7) is 4.61. The lowest BCUT2D eigenvalue weighted by Crippen LogP contribution is -2.45. The zero-order valence-corrected chi connectivity index (χ0v) is 12.1. The first-order valence-corrected chi connectivity index (χ1v) is 6.49. The largest absolute Gasteiger partial charge is 0.444 e. The highest BCUT2D eigenvalue weighted by Gasteiger charge is 2.23. The number of carbonyl (C=O) groups excluding carboxylic acids is 2. The number of amides is 1. The number of benzene rings is 1. The highest BCUT2D eigenvalue weighted by atomic mass is 16.6. The topological polar surface area (TPSA) is 75.6 Å². The van der Waals surface area contributed by atoms with Gasteiger partial charge < -0.3 is 15.2 Å². The summed E-state index contributed by atoms with van der Waals surface area (Å²) in [6, 6.07) is 8.49. The Labute approximate surface area is 118 Å². The van der Waals surface area contributed by atoms with Gasteiger partial charge in [-0.25, -0.2) is 4.79 Å². The molecule has 1 atom stereocenters. The number of aliphatic hydroxyl groups excluding tert-OH is 1. The summed E-state index contributed by atoms with van der Waals surface area (Å²) in [5, 5.41) is 11.5. The van der Waals surface area contributed by atoms with Crippen molar-refractivity contribution in [2.45, 2.75) is 38.8 Å². The predicted molar refractivity (Wildman–Crippen MR) is 75.4 cm³/mol. The van der Waals surface area contributed by atoms with Crippen LogP contribution in [-0.2, 0) is 16.0 Å². The van der Waals surface area contributed by atoms with Crippen LogP contribution >= 0.6 is 0 Å². The number of Topliss-reactive ketones (excluding diaryl/α,β-unsaturated/α-hetero) is 1.